The quantitative estimate of drug-likeness (QED) is 0.856. The predicted molar refractivity (Wildman–Crippen MR) is 76.7 cm³/mol. The van der Waals surface area contributed by atoms with E-state index in [-0.39, 0.29) is 11.4 Å². The lowest BCUT2D eigenvalue weighted by Crippen LogP contribution is -2.49. The summed E-state index contributed by atoms with van der Waals surface area (Å²) < 4.78 is 1.69. The average Bonchev–Trinajstić information content (AvgIpc) is 2.89. The average molecular weight is 280 g/mol. The number of nitrogens with zero attached hydrogens (tertiary/aromatic N) is 2. The molecule has 4 nitrogen and oxygen atoms in total. The molecule has 0 unspecified atom stereocenters. The van der Waals surface area contributed by atoms with E-state index in [2.05, 4.69) is 10.4 Å². The van der Waals surface area contributed by atoms with Crippen molar-refractivity contribution in [1.82, 2.24) is 14.9 Å². The largest absolute Gasteiger partial charge is 0.345 e. The Hall–Kier alpha value is -1.55. The van der Waals surface area contributed by atoms with Crippen molar-refractivity contribution in [2.75, 3.05) is 5.88 Å². The van der Waals surface area contributed by atoms with Crippen LogP contribution in [0.4, 0.5) is 0 Å². The number of amides is 1. The van der Waals surface area contributed by atoms with E-state index in [0.717, 1.165) is 18.4 Å². The van der Waals surface area contributed by atoms with Crippen LogP contribution < -0.4 is 5.32 Å². The zero-order chi connectivity index (χ0) is 13.9. The zero-order valence-corrected chi connectivity index (χ0v) is 11.9. The second-order valence-corrected chi connectivity index (χ2v) is 4.93. The first kappa shape index (κ1) is 13.9. The molecule has 2 aromatic heterocycles. The fraction of sp³-hybridized carbons (Fsp3) is 0.429. The molecule has 0 fully saturated rings. The number of halogens is 1. The number of pyridine rings is 1. The minimum Gasteiger partial charge on any atom is -0.345 e. The molecule has 0 spiro atoms. The fourth-order valence-electron chi connectivity index (χ4n) is 2.07. The van der Waals surface area contributed by atoms with Crippen molar-refractivity contribution < 1.29 is 4.79 Å². The van der Waals surface area contributed by atoms with E-state index in [1.807, 2.05) is 38.2 Å². The summed E-state index contributed by atoms with van der Waals surface area (Å²) >= 11 is 6.01. The zero-order valence-electron chi connectivity index (χ0n) is 11.2. The summed E-state index contributed by atoms with van der Waals surface area (Å²) in [5.74, 6) is 0.288. The Morgan fingerprint density at radius 3 is 2.79 bits per heavy atom. The Kier molecular flexibility index (Phi) is 4.10. The minimum atomic E-state index is -0.346. The van der Waals surface area contributed by atoms with Crippen molar-refractivity contribution in [2.24, 2.45) is 0 Å². The number of hydrogen-bond acceptors (Lipinski definition) is 2. The van der Waals surface area contributed by atoms with Gasteiger partial charge in [-0.15, -0.1) is 11.6 Å². The van der Waals surface area contributed by atoms with E-state index in [0.29, 0.717) is 11.4 Å². The van der Waals surface area contributed by atoms with Crippen LogP contribution in [0.3, 0.4) is 0 Å². The lowest BCUT2D eigenvalue weighted by atomic mass is 9.95. The van der Waals surface area contributed by atoms with Gasteiger partial charge in [0.15, 0.2) is 0 Å². The molecular formula is C14H18ClN3O. The fourth-order valence-corrected chi connectivity index (χ4v) is 2.51. The summed E-state index contributed by atoms with van der Waals surface area (Å²) in [5.41, 5.74) is 1.04. The molecule has 0 bridgehead atoms. The van der Waals surface area contributed by atoms with Crippen molar-refractivity contribution in [1.29, 1.82) is 0 Å². The van der Waals surface area contributed by atoms with E-state index in [1.165, 1.54) is 0 Å². The van der Waals surface area contributed by atoms with Gasteiger partial charge >= 0.3 is 0 Å². The van der Waals surface area contributed by atoms with Crippen molar-refractivity contribution >= 4 is 23.0 Å². The van der Waals surface area contributed by atoms with Crippen molar-refractivity contribution in [2.45, 2.75) is 32.2 Å². The van der Waals surface area contributed by atoms with Crippen LogP contribution in [-0.2, 0) is 0 Å². The lowest BCUT2D eigenvalue weighted by Gasteiger charge is -2.30. The van der Waals surface area contributed by atoms with Gasteiger partial charge in [-0.2, -0.15) is 5.10 Å². The minimum absolute atomic E-state index is 0.120. The number of rotatable bonds is 5. The Morgan fingerprint density at radius 2 is 2.16 bits per heavy atom. The number of fused-ring (bicyclic) bond motifs is 1. The van der Waals surface area contributed by atoms with Gasteiger partial charge < -0.3 is 5.32 Å². The standard InChI is InChI=1S/C14H18ClN3O/c1-3-14(4-2,10-15)17-13(19)11-9-16-18-8-6-5-7-12(11)18/h5-9H,3-4,10H2,1-2H3,(H,17,19). The van der Waals surface area contributed by atoms with Crippen LogP contribution in [0.1, 0.15) is 37.0 Å². The molecule has 0 saturated heterocycles. The summed E-state index contributed by atoms with van der Waals surface area (Å²) in [7, 11) is 0. The number of hydrogen-bond donors (Lipinski definition) is 1. The number of aromatic nitrogens is 2. The molecule has 5 heteroatoms. The highest BCUT2D eigenvalue weighted by Crippen LogP contribution is 2.19. The van der Waals surface area contributed by atoms with Crippen molar-refractivity contribution in [3.63, 3.8) is 0 Å². The number of carbonyl (C=O) groups is 1. The molecule has 2 heterocycles. The molecule has 1 amide bonds. The Morgan fingerprint density at radius 1 is 1.42 bits per heavy atom. The van der Waals surface area contributed by atoms with E-state index in [1.54, 1.807) is 10.7 Å². The number of alkyl halides is 1. The van der Waals surface area contributed by atoms with Gasteiger partial charge in [0, 0.05) is 12.1 Å². The molecule has 19 heavy (non-hydrogen) atoms. The molecule has 0 aliphatic carbocycles. The molecule has 2 aromatic rings. The first-order valence-electron chi connectivity index (χ1n) is 6.46. The van der Waals surface area contributed by atoms with Crippen LogP contribution in [-0.4, -0.2) is 26.9 Å². The maximum Gasteiger partial charge on any atom is 0.255 e. The van der Waals surface area contributed by atoms with E-state index in [4.69, 9.17) is 11.6 Å². The van der Waals surface area contributed by atoms with Crippen LogP contribution in [0.25, 0.3) is 5.52 Å². The van der Waals surface area contributed by atoms with Crippen LogP contribution in [0.15, 0.2) is 30.6 Å². The van der Waals surface area contributed by atoms with Gasteiger partial charge in [-0.3, -0.25) is 4.79 Å². The normalized spacial score (nSPS) is 11.7. The summed E-state index contributed by atoms with van der Waals surface area (Å²) in [6, 6.07) is 5.65. The summed E-state index contributed by atoms with van der Waals surface area (Å²) in [5, 5.41) is 7.22. The Balaban J connectivity index is 2.29. The van der Waals surface area contributed by atoms with Gasteiger partial charge in [0.25, 0.3) is 5.91 Å². The SMILES string of the molecule is CCC(CC)(CCl)NC(=O)c1cnn2ccccc12. The smallest absolute Gasteiger partial charge is 0.255 e. The third kappa shape index (κ3) is 2.59. The van der Waals surface area contributed by atoms with Crippen LogP contribution in [0, 0.1) is 0 Å². The highest BCUT2D eigenvalue weighted by Gasteiger charge is 2.28. The Bertz CT molecular complexity index is 567. The molecular weight excluding hydrogens is 262 g/mol. The number of carbonyl (C=O) groups excluding carboxylic acids is 1. The third-order valence-corrected chi connectivity index (χ3v) is 4.17. The lowest BCUT2D eigenvalue weighted by molar-refractivity contribution is 0.0904. The Labute approximate surface area is 117 Å². The van der Waals surface area contributed by atoms with Crippen LogP contribution in [0.2, 0.25) is 0 Å². The highest BCUT2D eigenvalue weighted by atomic mass is 35.5. The number of nitrogens with one attached hydrogen (secondary N) is 1. The van der Waals surface area contributed by atoms with Gasteiger partial charge in [-0.1, -0.05) is 19.9 Å². The van der Waals surface area contributed by atoms with Gasteiger partial charge in [0.1, 0.15) is 0 Å². The maximum absolute atomic E-state index is 12.4. The maximum atomic E-state index is 12.4. The second-order valence-electron chi connectivity index (χ2n) is 4.66. The summed E-state index contributed by atoms with van der Waals surface area (Å²) in [4.78, 5) is 12.4. The molecule has 1 N–H and O–H groups in total. The predicted octanol–water partition coefficient (Wildman–Crippen LogP) is 2.86. The van der Waals surface area contributed by atoms with E-state index < -0.39 is 0 Å². The molecule has 0 radical (unpaired) electrons. The van der Waals surface area contributed by atoms with Gasteiger partial charge in [0.05, 0.1) is 22.8 Å². The van der Waals surface area contributed by atoms with Crippen molar-refractivity contribution in [3.05, 3.63) is 36.2 Å². The van der Waals surface area contributed by atoms with Gasteiger partial charge in [-0.05, 0) is 25.0 Å². The van der Waals surface area contributed by atoms with E-state index >= 15 is 0 Å². The van der Waals surface area contributed by atoms with Gasteiger partial charge in [0.2, 0.25) is 0 Å². The first-order valence-corrected chi connectivity index (χ1v) is 7.00. The highest BCUT2D eigenvalue weighted by molar-refractivity contribution is 6.19. The van der Waals surface area contributed by atoms with Crippen LogP contribution >= 0.6 is 11.6 Å². The monoisotopic (exact) mass is 279 g/mol. The molecule has 2 rings (SSSR count). The third-order valence-electron chi connectivity index (χ3n) is 3.66. The molecule has 0 atom stereocenters. The first-order chi connectivity index (χ1) is 9.15. The topological polar surface area (TPSA) is 46.4 Å². The molecule has 0 aliphatic heterocycles. The molecule has 0 aliphatic rings. The molecule has 0 aromatic carbocycles. The molecule has 102 valence electrons. The van der Waals surface area contributed by atoms with E-state index in [9.17, 15) is 4.79 Å². The molecule has 0 saturated carbocycles. The second kappa shape index (κ2) is 5.61. The van der Waals surface area contributed by atoms with Crippen molar-refractivity contribution in [3.8, 4) is 0 Å². The summed E-state index contributed by atoms with van der Waals surface area (Å²) in [6.45, 7) is 4.06. The van der Waals surface area contributed by atoms with Crippen LogP contribution in [0.5, 0.6) is 0 Å². The van der Waals surface area contributed by atoms with Gasteiger partial charge in [-0.25, -0.2) is 4.52 Å². The summed E-state index contributed by atoms with van der Waals surface area (Å²) in [6.07, 6.45) is 5.02.